The molecule has 0 aliphatic heterocycles. The molecule has 0 aliphatic rings. The molecule has 0 spiro atoms. The first kappa shape index (κ1) is 21.0. The van der Waals surface area contributed by atoms with Gasteiger partial charge in [-0.25, -0.2) is 13.2 Å². The van der Waals surface area contributed by atoms with E-state index in [4.69, 9.17) is 10.9 Å². The number of phenols is 1. The second kappa shape index (κ2) is 7.62. The molecule has 10 heteroatoms. The Morgan fingerprint density at radius 1 is 0.867 bits per heavy atom. The smallest absolute Gasteiger partial charge is 0.416 e. The Balaban J connectivity index is 2.48. The minimum atomic E-state index is -4.84. The van der Waals surface area contributed by atoms with Crippen molar-refractivity contribution in [2.24, 2.45) is 10.9 Å². The number of nitrogens with zero attached hydrogens (tertiary/aromatic N) is 1. The zero-order chi connectivity index (χ0) is 22.2. The quantitative estimate of drug-likeness (QED) is 0.134. The summed E-state index contributed by atoms with van der Waals surface area (Å²) in [5, 5.41) is 21.2. The number of hydrogen-bond acceptors (Lipinski definition) is 3. The van der Waals surface area contributed by atoms with Gasteiger partial charge in [0.2, 0.25) is 0 Å². The van der Waals surface area contributed by atoms with Crippen LogP contribution in [0.5, 0.6) is 5.75 Å². The molecule has 0 heterocycles. The molecule has 30 heavy (non-hydrogen) atoms. The Labute approximate surface area is 165 Å². The molecule has 3 aromatic carbocycles. The Bertz CT molecular complexity index is 1120. The highest BCUT2D eigenvalue weighted by atomic mass is 19.4. The van der Waals surface area contributed by atoms with Gasteiger partial charge >= 0.3 is 6.18 Å². The standard InChI is InChI=1S/C20H12F6N2O2/c21-15-5-10(6-16(22)18(15)23)17-13(9-1-3-12(29)4-2-9)7-11(20(24,25)26)8-14(17)19(27)28-30/h1-8,29-30H,(H2,27,28). The van der Waals surface area contributed by atoms with Crippen LogP contribution in [0.2, 0.25) is 0 Å². The van der Waals surface area contributed by atoms with Crippen molar-refractivity contribution in [3.8, 4) is 28.0 Å². The molecule has 3 aromatic rings. The van der Waals surface area contributed by atoms with Crippen LogP contribution >= 0.6 is 0 Å². The van der Waals surface area contributed by atoms with E-state index in [9.17, 15) is 31.4 Å². The molecule has 0 saturated heterocycles. The Morgan fingerprint density at radius 3 is 1.93 bits per heavy atom. The van der Waals surface area contributed by atoms with Crippen LogP contribution in [-0.4, -0.2) is 16.1 Å². The molecule has 4 N–H and O–H groups in total. The lowest BCUT2D eigenvalue weighted by molar-refractivity contribution is -0.137. The average molecular weight is 426 g/mol. The average Bonchev–Trinajstić information content (AvgIpc) is 2.70. The van der Waals surface area contributed by atoms with Crippen molar-refractivity contribution < 1.29 is 36.7 Å². The van der Waals surface area contributed by atoms with Crippen LogP contribution in [0.25, 0.3) is 22.3 Å². The number of amidine groups is 1. The van der Waals surface area contributed by atoms with Crippen molar-refractivity contribution in [2.75, 3.05) is 0 Å². The summed E-state index contributed by atoms with van der Waals surface area (Å²) in [6.07, 6.45) is -4.84. The summed E-state index contributed by atoms with van der Waals surface area (Å²) in [7, 11) is 0. The van der Waals surface area contributed by atoms with Gasteiger partial charge < -0.3 is 16.0 Å². The topological polar surface area (TPSA) is 78.8 Å². The monoisotopic (exact) mass is 426 g/mol. The highest BCUT2D eigenvalue weighted by molar-refractivity contribution is 6.07. The molecule has 0 bridgehead atoms. The maximum absolute atomic E-state index is 13.9. The third-order valence-corrected chi connectivity index (χ3v) is 4.30. The van der Waals surface area contributed by atoms with Crippen molar-refractivity contribution in [1.29, 1.82) is 0 Å². The van der Waals surface area contributed by atoms with Gasteiger partial charge in [0.25, 0.3) is 0 Å². The Morgan fingerprint density at radius 2 is 1.43 bits per heavy atom. The molecule has 0 saturated carbocycles. The van der Waals surface area contributed by atoms with Gasteiger partial charge in [-0.1, -0.05) is 17.3 Å². The number of rotatable bonds is 3. The molecule has 0 aromatic heterocycles. The fraction of sp³-hybridized carbons (Fsp3) is 0.0500. The van der Waals surface area contributed by atoms with Crippen molar-refractivity contribution >= 4 is 5.84 Å². The molecule has 156 valence electrons. The van der Waals surface area contributed by atoms with Crippen LogP contribution in [0.4, 0.5) is 26.3 Å². The zero-order valence-electron chi connectivity index (χ0n) is 14.8. The molecule has 0 amide bonds. The highest BCUT2D eigenvalue weighted by Crippen LogP contribution is 2.41. The van der Waals surface area contributed by atoms with Gasteiger partial charge in [-0.15, -0.1) is 0 Å². The van der Waals surface area contributed by atoms with E-state index in [-0.39, 0.29) is 28.0 Å². The second-order valence-electron chi connectivity index (χ2n) is 6.23. The van der Waals surface area contributed by atoms with Crippen LogP contribution in [-0.2, 0) is 6.18 Å². The number of benzene rings is 3. The fourth-order valence-corrected chi connectivity index (χ4v) is 2.94. The van der Waals surface area contributed by atoms with Crippen molar-refractivity contribution in [3.05, 3.63) is 77.1 Å². The van der Waals surface area contributed by atoms with Gasteiger partial charge in [-0.3, -0.25) is 0 Å². The Kier molecular flexibility index (Phi) is 5.34. The van der Waals surface area contributed by atoms with Gasteiger partial charge in [-0.2, -0.15) is 13.2 Å². The first-order valence-corrected chi connectivity index (χ1v) is 8.20. The number of alkyl halides is 3. The molecule has 3 rings (SSSR count). The minimum Gasteiger partial charge on any atom is -0.508 e. The van der Waals surface area contributed by atoms with Gasteiger partial charge in [0.1, 0.15) is 5.75 Å². The van der Waals surface area contributed by atoms with Gasteiger partial charge in [0.15, 0.2) is 23.3 Å². The largest absolute Gasteiger partial charge is 0.508 e. The van der Waals surface area contributed by atoms with E-state index in [2.05, 4.69) is 5.16 Å². The highest BCUT2D eigenvalue weighted by Gasteiger charge is 2.33. The van der Waals surface area contributed by atoms with E-state index in [1.54, 1.807) is 0 Å². The van der Waals surface area contributed by atoms with Gasteiger partial charge in [-0.05, 0) is 53.1 Å². The van der Waals surface area contributed by atoms with E-state index in [1.807, 2.05) is 0 Å². The predicted molar refractivity (Wildman–Crippen MR) is 96.4 cm³/mol. The summed E-state index contributed by atoms with van der Waals surface area (Å²) >= 11 is 0. The Hall–Kier alpha value is -3.69. The maximum Gasteiger partial charge on any atom is 0.416 e. The first-order chi connectivity index (χ1) is 14.0. The van der Waals surface area contributed by atoms with E-state index in [0.29, 0.717) is 24.3 Å². The lowest BCUT2D eigenvalue weighted by Gasteiger charge is -2.19. The fourth-order valence-electron chi connectivity index (χ4n) is 2.94. The maximum atomic E-state index is 13.9. The SMILES string of the molecule is NC(=NO)c1cc(C(F)(F)F)cc(-c2ccc(O)cc2)c1-c1cc(F)c(F)c(F)c1. The first-order valence-electron chi connectivity index (χ1n) is 8.20. The summed E-state index contributed by atoms with van der Waals surface area (Å²) in [5.74, 6) is -5.86. The number of aromatic hydroxyl groups is 1. The molecule has 0 fully saturated rings. The minimum absolute atomic E-state index is 0.117. The summed E-state index contributed by atoms with van der Waals surface area (Å²) < 4.78 is 81.5. The molecule has 0 radical (unpaired) electrons. The van der Waals surface area contributed by atoms with Gasteiger partial charge in [0, 0.05) is 11.1 Å². The third kappa shape index (κ3) is 3.88. The van der Waals surface area contributed by atoms with E-state index < -0.39 is 40.6 Å². The summed E-state index contributed by atoms with van der Waals surface area (Å²) in [6, 6.07) is 7.32. The molecule has 0 unspecified atom stereocenters. The van der Waals surface area contributed by atoms with Crippen molar-refractivity contribution in [2.45, 2.75) is 6.18 Å². The molecular weight excluding hydrogens is 414 g/mol. The predicted octanol–water partition coefficient (Wildman–Crippen LogP) is 5.26. The van der Waals surface area contributed by atoms with Crippen LogP contribution < -0.4 is 5.73 Å². The van der Waals surface area contributed by atoms with Crippen LogP contribution in [0.3, 0.4) is 0 Å². The van der Waals surface area contributed by atoms with Crippen LogP contribution in [0.1, 0.15) is 11.1 Å². The number of phenolic OH excluding ortho intramolecular Hbond substituents is 1. The summed E-state index contributed by atoms with van der Waals surface area (Å²) in [5.41, 5.74) is 3.23. The number of oxime groups is 1. The third-order valence-electron chi connectivity index (χ3n) is 4.30. The van der Waals surface area contributed by atoms with Gasteiger partial charge in [0.05, 0.1) is 5.56 Å². The van der Waals surface area contributed by atoms with E-state index >= 15 is 0 Å². The molecule has 4 nitrogen and oxygen atoms in total. The lowest BCUT2D eigenvalue weighted by atomic mass is 9.87. The molecule has 0 aliphatic carbocycles. The number of nitrogens with two attached hydrogens (primary N) is 1. The van der Waals surface area contributed by atoms with Crippen LogP contribution in [0, 0.1) is 17.5 Å². The van der Waals surface area contributed by atoms with E-state index in [0.717, 1.165) is 0 Å². The number of halogens is 6. The molecular formula is C20H12F6N2O2. The summed E-state index contributed by atoms with van der Waals surface area (Å²) in [4.78, 5) is 0. The van der Waals surface area contributed by atoms with Crippen molar-refractivity contribution in [1.82, 2.24) is 0 Å². The van der Waals surface area contributed by atoms with Crippen LogP contribution in [0.15, 0.2) is 53.7 Å². The summed E-state index contributed by atoms with van der Waals surface area (Å²) in [6.45, 7) is 0. The lowest BCUT2D eigenvalue weighted by Crippen LogP contribution is -2.17. The molecule has 0 atom stereocenters. The van der Waals surface area contributed by atoms with E-state index in [1.165, 1.54) is 24.3 Å². The van der Waals surface area contributed by atoms with Crippen molar-refractivity contribution in [3.63, 3.8) is 0 Å². The second-order valence-corrected chi connectivity index (χ2v) is 6.23. The zero-order valence-corrected chi connectivity index (χ0v) is 14.8. The normalized spacial score (nSPS) is 12.3. The number of hydrogen-bond donors (Lipinski definition) is 3.